The molecule has 2 amide bonds. The van der Waals surface area contributed by atoms with Crippen LogP contribution in [-0.2, 0) is 11.4 Å². The Morgan fingerprint density at radius 3 is 2.52 bits per heavy atom. The summed E-state index contributed by atoms with van der Waals surface area (Å²) < 4.78 is 23.9. The zero-order valence-electron chi connectivity index (χ0n) is 13.2. The molecule has 2 aromatic carbocycles. The van der Waals surface area contributed by atoms with Crippen LogP contribution in [-0.4, -0.2) is 18.3 Å². The summed E-state index contributed by atoms with van der Waals surface area (Å²) in [6, 6.07) is 11.2. The van der Waals surface area contributed by atoms with Gasteiger partial charge in [0.05, 0.1) is 12.0 Å². The highest BCUT2D eigenvalue weighted by molar-refractivity contribution is 8.18. The average Bonchev–Trinajstić information content (AvgIpc) is 2.92. The van der Waals surface area contributed by atoms with Crippen LogP contribution in [0.5, 0.6) is 11.5 Å². The van der Waals surface area contributed by atoms with E-state index in [-0.39, 0.29) is 17.7 Å². The number of thioether (sulfide) groups is 1. The molecule has 0 saturated carbocycles. The van der Waals surface area contributed by atoms with Crippen molar-refractivity contribution in [3.05, 3.63) is 64.3 Å². The van der Waals surface area contributed by atoms with E-state index in [1.165, 1.54) is 19.2 Å². The summed E-state index contributed by atoms with van der Waals surface area (Å²) in [7, 11) is 1.51. The molecule has 0 radical (unpaired) electrons. The number of benzene rings is 2. The maximum atomic E-state index is 12.9. The highest BCUT2D eigenvalue weighted by Gasteiger charge is 2.25. The number of rotatable bonds is 5. The standard InChI is InChI=1S/C18H14FNO4S/c1-23-15-8-12(9-16-17(21)20-18(22)25-16)4-7-14(15)24-10-11-2-5-13(19)6-3-11/h2-9H,10H2,1H3,(H,20,21,22)/b16-9+. The van der Waals surface area contributed by atoms with Gasteiger partial charge < -0.3 is 9.47 Å². The summed E-state index contributed by atoms with van der Waals surface area (Å²) >= 11 is 0.854. The van der Waals surface area contributed by atoms with Crippen LogP contribution in [0.1, 0.15) is 11.1 Å². The third kappa shape index (κ3) is 4.19. The molecule has 0 aromatic heterocycles. The van der Waals surface area contributed by atoms with Crippen LogP contribution in [0.3, 0.4) is 0 Å². The van der Waals surface area contributed by atoms with Crippen molar-refractivity contribution in [3.63, 3.8) is 0 Å². The Morgan fingerprint density at radius 1 is 1.12 bits per heavy atom. The first-order valence-electron chi connectivity index (χ1n) is 7.35. The number of ether oxygens (including phenoxy) is 2. The molecule has 0 unspecified atom stereocenters. The molecular weight excluding hydrogens is 345 g/mol. The molecule has 1 saturated heterocycles. The number of carbonyl (C=O) groups excluding carboxylic acids is 2. The lowest BCUT2D eigenvalue weighted by Crippen LogP contribution is -2.17. The summed E-state index contributed by atoms with van der Waals surface area (Å²) in [5.74, 6) is 0.302. The van der Waals surface area contributed by atoms with E-state index < -0.39 is 5.91 Å². The number of hydrogen-bond donors (Lipinski definition) is 1. The Labute approximate surface area is 147 Å². The Kier molecular flexibility index (Phi) is 5.04. The van der Waals surface area contributed by atoms with Gasteiger partial charge in [-0.2, -0.15) is 0 Å². The van der Waals surface area contributed by atoms with Gasteiger partial charge in [0.25, 0.3) is 11.1 Å². The fourth-order valence-corrected chi connectivity index (χ4v) is 2.89. The second kappa shape index (κ2) is 7.40. The maximum Gasteiger partial charge on any atom is 0.290 e. The summed E-state index contributed by atoms with van der Waals surface area (Å²) in [6.45, 7) is 0.268. The van der Waals surface area contributed by atoms with Gasteiger partial charge in [0, 0.05) is 0 Å². The summed E-state index contributed by atoms with van der Waals surface area (Å²) in [4.78, 5) is 23.1. The molecule has 128 valence electrons. The Hall–Kier alpha value is -2.80. The number of nitrogens with one attached hydrogen (secondary N) is 1. The van der Waals surface area contributed by atoms with Crippen LogP contribution < -0.4 is 14.8 Å². The highest BCUT2D eigenvalue weighted by atomic mass is 32.2. The van der Waals surface area contributed by atoms with Crippen LogP contribution in [0.15, 0.2) is 47.4 Å². The number of methoxy groups -OCH3 is 1. The predicted octanol–water partition coefficient (Wildman–Crippen LogP) is 3.74. The fourth-order valence-electron chi connectivity index (χ4n) is 2.21. The van der Waals surface area contributed by atoms with Gasteiger partial charge in [0.1, 0.15) is 12.4 Å². The number of carbonyl (C=O) groups is 2. The third-order valence-corrected chi connectivity index (χ3v) is 4.25. The molecule has 7 heteroatoms. The van der Waals surface area contributed by atoms with E-state index in [0.29, 0.717) is 22.0 Å². The van der Waals surface area contributed by atoms with Gasteiger partial charge in [-0.05, 0) is 53.2 Å². The molecule has 0 spiro atoms. The van der Waals surface area contributed by atoms with Crippen LogP contribution in [0.25, 0.3) is 6.08 Å². The van der Waals surface area contributed by atoms with Gasteiger partial charge in [-0.25, -0.2) is 4.39 Å². The molecule has 3 rings (SSSR count). The molecule has 0 aliphatic carbocycles. The van der Waals surface area contributed by atoms with Crippen molar-refractivity contribution in [2.75, 3.05) is 7.11 Å². The SMILES string of the molecule is COc1cc(/C=C2/SC(=O)NC2=O)ccc1OCc1ccc(F)cc1. The molecule has 1 aliphatic rings. The molecule has 2 aromatic rings. The maximum absolute atomic E-state index is 12.9. The van der Waals surface area contributed by atoms with Crippen LogP contribution in [0.4, 0.5) is 9.18 Å². The molecule has 1 heterocycles. The van der Waals surface area contributed by atoms with E-state index in [9.17, 15) is 14.0 Å². The average molecular weight is 359 g/mol. The van der Waals surface area contributed by atoms with E-state index in [0.717, 1.165) is 17.3 Å². The third-order valence-electron chi connectivity index (χ3n) is 3.44. The first-order chi connectivity index (χ1) is 12.0. The molecule has 0 bridgehead atoms. The van der Waals surface area contributed by atoms with Gasteiger partial charge in [0.2, 0.25) is 0 Å². The predicted molar refractivity (Wildman–Crippen MR) is 92.8 cm³/mol. The van der Waals surface area contributed by atoms with E-state index in [4.69, 9.17) is 9.47 Å². The summed E-state index contributed by atoms with van der Waals surface area (Å²) in [5, 5.41) is 1.82. The van der Waals surface area contributed by atoms with Crippen molar-refractivity contribution in [1.82, 2.24) is 5.32 Å². The Morgan fingerprint density at radius 2 is 1.88 bits per heavy atom. The van der Waals surface area contributed by atoms with Gasteiger partial charge in [-0.1, -0.05) is 18.2 Å². The van der Waals surface area contributed by atoms with Crippen molar-refractivity contribution >= 4 is 29.0 Å². The summed E-state index contributed by atoms with van der Waals surface area (Å²) in [6.07, 6.45) is 1.61. The second-order valence-corrected chi connectivity index (χ2v) is 6.19. The van der Waals surface area contributed by atoms with Gasteiger partial charge in [-0.15, -0.1) is 0 Å². The van der Waals surface area contributed by atoms with Crippen LogP contribution >= 0.6 is 11.8 Å². The Bertz CT molecular complexity index is 849. The van der Waals surface area contributed by atoms with E-state index in [1.807, 2.05) is 0 Å². The van der Waals surface area contributed by atoms with Crippen molar-refractivity contribution < 1.29 is 23.5 Å². The smallest absolute Gasteiger partial charge is 0.290 e. The lowest BCUT2D eigenvalue weighted by atomic mass is 10.2. The van der Waals surface area contributed by atoms with E-state index in [2.05, 4.69) is 5.32 Å². The van der Waals surface area contributed by atoms with Crippen molar-refractivity contribution in [3.8, 4) is 11.5 Å². The van der Waals surface area contributed by atoms with Gasteiger partial charge >= 0.3 is 0 Å². The molecular formula is C18H14FNO4S. The first kappa shape index (κ1) is 17.0. The van der Waals surface area contributed by atoms with Crippen molar-refractivity contribution in [1.29, 1.82) is 0 Å². The normalized spacial score (nSPS) is 15.4. The monoisotopic (exact) mass is 359 g/mol. The molecule has 0 atom stereocenters. The molecule has 1 aliphatic heterocycles. The van der Waals surface area contributed by atoms with E-state index in [1.54, 1.807) is 36.4 Å². The lowest BCUT2D eigenvalue weighted by molar-refractivity contribution is -0.115. The second-order valence-electron chi connectivity index (χ2n) is 5.18. The molecule has 5 nitrogen and oxygen atoms in total. The number of amides is 2. The molecule has 1 N–H and O–H groups in total. The Balaban J connectivity index is 1.75. The van der Waals surface area contributed by atoms with Crippen LogP contribution in [0, 0.1) is 5.82 Å². The first-order valence-corrected chi connectivity index (χ1v) is 8.17. The van der Waals surface area contributed by atoms with Crippen molar-refractivity contribution in [2.24, 2.45) is 0 Å². The largest absolute Gasteiger partial charge is 0.493 e. The zero-order chi connectivity index (χ0) is 17.8. The van der Waals surface area contributed by atoms with Gasteiger partial charge in [0.15, 0.2) is 11.5 Å². The fraction of sp³-hybridized carbons (Fsp3) is 0.111. The minimum absolute atomic E-state index is 0.268. The molecule has 1 fully saturated rings. The topological polar surface area (TPSA) is 64.6 Å². The minimum Gasteiger partial charge on any atom is -0.493 e. The lowest BCUT2D eigenvalue weighted by Gasteiger charge is -2.11. The number of halogens is 1. The van der Waals surface area contributed by atoms with Crippen molar-refractivity contribution in [2.45, 2.75) is 6.61 Å². The highest BCUT2D eigenvalue weighted by Crippen LogP contribution is 2.32. The van der Waals surface area contributed by atoms with Gasteiger partial charge in [-0.3, -0.25) is 14.9 Å². The number of hydrogen-bond acceptors (Lipinski definition) is 5. The van der Waals surface area contributed by atoms with Crippen LogP contribution in [0.2, 0.25) is 0 Å². The quantitative estimate of drug-likeness (QED) is 0.824. The summed E-state index contributed by atoms with van der Waals surface area (Å²) in [5.41, 5.74) is 1.53. The number of imide groups is 1. The molecule has 25 heavy (non-hydrogen) atoms. The minimum atomic E-state index is -0.411. The van der Waals surface area contributed by atoms with E-state index >= 15 is 0 Å². The zero-order valence-corrected chi connectivity index (χ0v) is 14.1.